The maximum absolute atomic E-state index is 14.6. The Morgan fingerprint density at radius 1 is 1.11 bits per heavy atom. The minimum absolute atomic E-state index is 0.0365. The molecule has 0 spiro atoms. The number of rotatable bonds is 5. The number of nitrogens with zero attached hydrogens (tertiary/aromatic N) is 4. The lowest BCUT2D eigenvalue weighted by molar-refractivity contribution is 0.00970. The van der Waals surface area contributed by atoms with Gasteiger partial charge in [-0.3, -0.25) is 4.98 Å². The highest BCUT2D eigenvalue weighted by Gasteiger charge is 2.35. The maximum atomic E-state index is 14.6. The van der Waals surface area contributed by atoms with Crippen molar-refractivity contribution in [1.29, 1.82) is 0 Å². The first-order valence-corrected chi connectivity index (χ1v) is 11.9. The van der Waals surface area contributed by atoms with Crippen LogP contribution in [0.1, 0.15) is 48.2 Å². The Bertz CT molecular complexity index is 1340. The van der Waals surface area contributed by atoms with Crippen LogP contribution < -0.4 is 5.73 Å². The summed E-state index contributed by atoms with van der Waals surface area (Å²) in [5.74, 6) is 0.0257. The molecule has 35 heavy (non-hydrogen) atoms. The monoisotopic (exact) mass is 477 g/mol. The number of halogens is 2. The zero-order chi connectivity index (χ0) is 24.7. The number of aryl methyl sites for hydroxylation is 1. The van der Waals surface area contributed by atoms with Gasteiger partial charge in [0.15, 0.2) is 0 Å². The third-order valence-corrected chi connectivity index (χ3v) is 7.09. The van der Waals surface area contributed by atoms with E-state index in [0.717, 1.165) is 23.9 Å². The molecule has 1 aromatic carbocycles. The topological polar surface area (TPSA) is 78.3 Å². The fourth-order valence-corrected chi connectivity index (χ4v) is 5.51. The highest BCUT2D eigenvalue weighted by atomic mass is 19.1. The van der Waals surface area contributed by atoms with Crippen LogP contribution in [0.2, 0.25) is 0 Å². The second-order valence-electron chi connectivity index (χ2n) is 9.59. The van der Waals surface area contributed by atoms with Crippen LogP contribution in [0.25, 0.3) is 16.8 Å². The van der Waals surface area contributed by atoms with Gasteiger partial charge in [-0.05, 0) is 78.6 Å². The molecule has 6 nitrogen and oxygen atoms in total. The molecule has 1 aliphatic rings. The first-order valence-electron chi connectivity index (χ1n) is 11.9. The number of nitrogens with two attached hydrogens (primary N) is 1. The first kappa shape index (κ1) is 23.5. The molecule has 8 heteroatoms. The lowest BCUT2D eigenvalue weighted by Gasteiger charge is -2.38. The molecule has 0 bridgehead atoms. The van der Waals surface area contributed by atoms with Crippen LogP contribution in [0.15, 0.2) is 48.9 Å². The van der Waals surface area contributed by atoms with Crippen molar-refractivity contribution in [3.05, 3.63) is 83.1 Å². The fourth-order valence-electron chi connectivity index (χ4n) is 5.51. The summed E-state index contributed by atoms with van der Waals surface area (Å²) in [7, 11) is 1.72. The average molecular weight is 478 g/mol. The molecule has 0 radical (unpaired) electrons. The Hall–Kier alpha value is -3.23. The standard InChI is InChI=1S/C27H29F2N5O/c1-15-8-21(28)26(22(29)9-15)24-5-4-19-14-32-25(34(19)33-24)12-18-13-31-7-6-20(18)17-10-16(2)27(35-3)23(30)11-17/h4-9,13-14,16-17,23,27H,10-12,30H2,1-3H3/t16-,17+,23+,27-/m0/s1. The molecule has 3 aromatic heterocycles. The lowest BCUT2D eigenvalue weighted by atomic mass is 9.74. The van der Waals surface area contributed by atoms with E-state index in [2.05, 4.69) is 28.1 Å². The van der Waals surface area contributed by atoms with Crippen molar-refractivity contribution in [1.82, 2.24) is 19.6 Å². The molecule has 2 N–H and O–H groups in total. The zero-order valence-corrected chi connectivity index (χ0v) is 20.1. The van der Waals surface area contributed by atoms with E-state index >= 15 is 0 Å². The van der Waals surface area contributed by atoms with Gasteiger partial charge in [-0.15, -0.1) is 0 Å². The van der Waals surface area contributed by atoms with Gasteiger partial charge in [-0.1, -0.05) is 6.92 Å². The minimum Gasteiger partial charge on any atom is -0.380 e. The van der Waals surface area contributed by atoms with Gasteiger partial charge in [0, 0.05) is 32.0 Å². The van der Waals surface area contributed by atoms with E-state index in [4.69, 9.17) is 10.5 Å². The number of pyridine rings is 1. The van der Waals surface area contributed by atoms with Crippen molar-refractivity contribution in [2.75, 3.05) is 7.11 Å². The van der Waals surface area contributed by atoms with Crippen LogP contribution in [0, 0.1) is 24.5 Å². The number of ether oxygens (including phenoxy) is 1. The van der Waals surface area contributed by atoms with Crippen molar-refractivity contribution in [2.24, 2.45) is 11.7 Å². The number of hydrogen-bond donors (Lipinski definition) is 1. The van der Waals surface area contributed by atoms with Crippen LogP contribution >= 0.6 is 0 Å². The van der Waals surface area contributed by atoms with Gasteiger partial charge < -0.3 is 10.5 Å². The minimum atomic E-state index is -0.636. The van der Waals surface area contributed by atoms with Crippen molar-refractivity contribution in [2.45, 2.75) is 51.2 Å². The van der Waals surface area contributed by atoms with Gasteiger partial charge in [-0.25, -0.2) is 18.3 Å². The maximum Gasteiger partial charge on any atom is 0.135 e. The summed E-state index contributed by atoms with van der Waals surface area (Å²) in [4.78, 5) is 8.92. The van der Waals surface area contributed by atoms with Crippen LogP contribution in [0.3, 0.4) is 0 Å². The Kier molecular flexibility index (Phi) is 6.34. The molecule has 3 heterocycles. The molecule has 182 valence electrons. The summed E-state index contributed by atoms with van der Waals surface area (Å²) < 4.78 is 36.5. The van der Waals surface area contributed by atoms with Gasteiger partial charge in [0.05, 0.1) is 29.1 Å². The molecule has 1 aliphatic carbocycles. The SMILES string of the molecule is CO[C@@H]1[C@H](N)C[C@H](c2ccncc2Cc2ncc3ccc(-c4c(F)cc(C)cc4F)nn23)C[C@@H]1C. The number of methoxy groups -OCH3 is 1. The quantitative estimate of drug-likeness (QED) is 0.446. The van der Waals surface area contributed by atoms with Gasteiger partial charge in [-0.2, -0.15) is 5.10 Å². The molecule has 1 fully saturated rings. The highest BCUT2D eigenvalue weighted by molar-refractivity contribution is 5.63. The number of fused-ring (bicyclic) bond motifs is 1. The van der Waals surface area contributed by atoms with Crippen LogP contribution in [0.4, 0.5) is 8.78 Å². The molecule has 1 saturated carbocycles. The third-order valence-electron chi connectivity index (χ3n) is 7.09. The number of aromatic nitrogens is 4. The smallest absolute Gasteiger partial charge is 0.135 e. The third kappa shape index (κ3) is 4.44. The van der Waals surface area contributed by atoms with Crippen molar-refractivity contribution < 1.29 is 13.5 Å². The molecule has 0 unspecified atom stereocenters. The number of benzene rings is 1. The summed E-state index contributed by atoms with van der Waals surface area (Å²) in [6, 6.07) is 8.03. The van der Waals surface area contributed by atoms with E-state index in [1.165, 1.54) is 17.7 Å². The van der Waals surface area contributed by atoms with Crippen molar-refractivity contribution >= 4 is 5.52 Å². The summed E-state index contributed by atoms with van der Waals surface area (Å²) in [5, 5.41) is 4.56. The van der Waals surface area contributed by atoms with Crippen molar-refractivity contribution in [3.63, 3.8) is 0 Å². The molecule has 4 atom stereocenters. The molecule has 4 aromatic rings. The molecule has 0 saturated heterocycles. The first-order chi connectivity index (χ1) is 16.9. The molecular formula is C27H29F2N5O. The van der Waals surface area contributed by atoms with Crippen LogP contribution in [-0.4, -0.2) is 38.8 Å². The lowest BCUT2D eigenvalue weighted by Crippen LogP contribution is -2.45. The van der Waals surface area contributed by atoms with Gasteiger partial charge in [0.1, 0.15) is 17.5 Å². The largest absolute Gasteiger partial charge is 0.380 e. The van der Waals surface area contributed by atoms with E-state index in [-0.39, 0.29) is 29.3 Å². The zero-order valence-electron chi connectivity index (χ0n) is 20.1. The normalized spacial score (nSPS) is 22.6. The molecule has 0 amide bonds. The van der Waals surface area contributed by atoms with Crippen molar-refractivity contribution in [3.8, 4) is 11.3 Å². The predicted octanol–water partition coefficient (Wildman–Crippen LogP) is 4.82. The average Bonchev–Trinajstić information content (AvgIpc) is 3.20. The Morgan fingerprint density at radius 3 is 2.60 bits per heavy atom. The summed E-state index contributed by atoms with van der Waals surface area (Å²) in [6.07, 6.45) is 7.72. The number of hydrogen-bond acceptors (Lipinski definition) is 5. The van der Waals surface area contributed by atoms with Gasteiger partial charge >= 0.3 is 0 Å². The van der Waals surface area contributed by atoms with Gasteiger partial charge in [0.2, 0.25) is 0 Å². The molecule has 0 aliphatic heterocycles. The Labute approximate surface area is 203 Å². The summed E-state index contributed by atoms with van der Waals surface area (Å²) >= 11 is 0. The Morgan fingerprint density at radius 2 is 1.89 bits per heavy atom. The summed E-state index contributed by atoms with van der Waals surface area (Å²) in [5.41, 5.74) is 10.0. The number of imidazole rings is 1. The van der Waals surface area contributed by atoms with Crippen LogP contribution in [-0.2, 0) is 11.2 Å². The van der Waals surface area contributed by atoms with E-state index in [9.17, 15) is 8.78 Å². The highest BCUT2D eigenvalue weighted by Crippen LogP contribution is 2.38. The van der Waals surface area contributed by atoms with Gasteiger partial charge in [0.25, 0.3) is 0 Å². The van der Waals surface area contributed by atoms with E-state index in [1.54, 1.807) is 43.1 Å². The van der Waals surface area contributed by atoms with E-state index < -0.39 is 11.6 Å². The molecule has 5 rings (SSSR count). The second-order valence-corrected chi connectivity index (χ2v) is 9.59. The Balaban J connectivity index is 1.49. The van der Waals surface area contributed by atoms with Crippen LogP contribution in [0.5, 0.6) is 0 Å². The van der Waals surface area contributed by atoms with E-state index in [1.807, 2.05) is 6.20 Å². The van der Waals surface area contributed by atoms with E-state index in [0.29, 0.717) is 23.7 Å². The second kappa shape index (κ2) is 9.43. The predicted molar refractivity (Wildman–Crippen MR) is 130 cm³/mol. The summed E-state index contributed by atoms with van der Waals surface area (Å²) in [6.45, 7) is 3.83. The fraction of sp³-hybridized carbons (Fsp3) is 0.370. The molecular weight excluding hydrogens is 448 g/mol.